The van der Waals surface area contributed by atoms with Gasteiger partial charge in [0.25, 0.3) is 0 Å². The summed E-state index contributed by atoms with van der Waals surface area (Å²) in [5.41, 5.74) is 2.84. The van der Waals surface area contributed by atoms with E-state index in [-0.39, 0.29) is 11.8 Å². The highest BCUT2D eigenvalue weighted by atomic mass is 16.2. The number of pyridine rings is 1. The number of likely N-dealkylation sites (N-methyl/N-ethyl adjacent to an activating group) is 2. The van der Waals surface area contributed by atoms with E-state index >= 15 is 0 Å². The molecule has 0 unspecified atom stereocenters. The molecule has 0 radical (unpaired) electrons. The average molecular weight is 578 g/mol. The number of rotatable bonds is 15. The van der Waals surface area contributed by atoms with Gasteiger partial charge in [0.2, 0.25) is 17.8 Å². The maximum atomic E-state index is 12.5. The third-order valence-electron chi connectivity index (χ3n) is 6.18. The predicted octanol–water partition coefficient (Wildman–Crippen LogP) is 1.26. The zero-order chi connectivity index (χ0) is 31.1. The summed E-state index contributed by atoms with van der Waals surface area (Å²) in [5, 5.41) is 18.4. The first-order valence-corrected chi connectivity index (χ1v) is 14.1. The molecule has 2 aromatic heterocycles. The highest BCUT2D eigenvalue weighted by molar-refractivity contribution is 5.99. The van der Waals surface area contributed by atoms with Crippen molar-refractivity contribution in [2.24, 2.45) is 0 Å². The number of amides is 2. The van der Waals surface area contributed by atoms with Gasteiger partial charge in [0.15, 0.2) is 5.71 Å². The highest BCUT2D eigenvalue weighted by Gasteiger charge is 2.20. The minimum absolute atomic E-state index is 0.204. The van der Waals surface area contributed by atoms with Crippen molar-refractivity contribution in [1.29, 1.82) is 0 Å². The van der Waals surface area contributed by atoms with Gasteiger partial charge in [-0.15, -0.1) is 0 Å². The third kappa shape index (κ3) is 10.8. The normalized spacial score (nSPS) is 11.4. The quantitative estimate of drug-likeness (QED) is 0.0911. The molecule has 0 aliphatic heterocycles. The van der Waals surface area contributed by atoms with E-state index in [1.54, 1.807) is 39.5 Å². The minimum atomic E-state index is -0.579. The van der Waals surface area contributed by atoms with Gasteiger partial charge in [-0.25, -0.2) is 9.97 Å². The zero-order valence-corrected chi connectivity index (χ0v) is 25.8. The van der Waals surface area contributed by atoms with Gasteiger partial charge >= 0.3 is 0 Å². The Balaban J connectivity index is 1.96. The summed E-state index contributed by atoms with van der Waals surface area (Å²) >= 11 is 0. The van der Waals surface area contributed by atoms with Gasteiger partial charge in [-0.3, -0.25) is 15.0 Å². The fourth-order valence-electron chi connectivity index (χ4n) is 3.62. The molecule has 42 heavy (non-hydrogen) atoms. The van der Waals surface area contributed by atoms with E-state index < -0.39 is 6.04 Å². The molecule has 0 fully saturated rings. The first kappa shape index (κ1) is 33.7. The van der Waals surface area contributed by atoms with Crippen molar-refractivity contribution in [3.63, 3.8) is 0 Å². The molecule has 0 aromatic carbocycles. The second-order valence-electron chi connectivity index (χ2n) is 10.0. The van der Waals surface area contributed by atoms with Gasteiger partial charge in [0.05, 0.1) is 29.2 Å². The number of nitrogens with one attached hydrogen (secondary N) is 4. The molecule has 2 heterocycles. The Morgan fingerprint density at radius 2 is 1.90 bits per heavy atom. The Kier molecular flexibility index (Phi) is 13.9. The molecule has 2 rings (SSSR count). The Morgan fingerprint density at radius 1 is 1.14 bits per heavy atom. The summed E-state index contributed by atoms with van der Waals surface area (Å²) in [6, 6.07) is 1.31. The van der Waals surface area contributed by atoms with Crippen LogP contribution in [0.5, 0.6) is 0 Å². The number of hydrogen-bond donors (Lipinski definition) is 5. The predicted molar refractivity (Wildman–Crippen MR) is 169 cm³/mol. The molecule has 0 saturated heterocycles. The molecule has 0 aliphatic rings. The van der Waals surface area contributed by atoms with Crippen LogP contribution in [0, 0.1) is 11.8 Å². The maximum absolute atomic E-state index is 12.5. The number of nitrogens with two attached hydrogens (primary N) is 1. The molecular formula is C30H45N10O2+. The van der Waals surface area contributed by atoms with Crippen molar-refractivity contribution in [3.05, 3.63) is 41.7 Å². The Bertz CT molecular complexity index is 1310. The monoisotopic (exact) mass is 577 g/mol. The number of carbonyl (C=O) groups excluding carboxylic acids is 2. The molecule has 1 atom stereocenters. The van der Waals surface area contributed by atoms with E-state index in [9.17, 15) is 9.59 Å². The molecule has 6 N–H and O–H groups in total. The molecule has 0 spiro atoms. The molecule has 226 valence electrons. The molecule has 0 saturated carbocycles. The summed E-state index contributed by atoms with van der Waals surface area (Å²) in [7, 11) is 7.26. The van der Waals surface area contributed by atoms with Gasteiger partial charge in [0.1, 0.15) is 17.7 Å². The van der Waals surface area contributed by atoms with E-state index in [1.807, 2.05) is 32.0 Å². The van der Waals surface area contributed by atoms with Crippen LogP contribution in [-0.4, -0.2) is 96.1 Å². The summed E-state index contributed by atoms with van der Waals surface area (Å²) in [6.45, 7) is 7.45. The molecule has 12 nitrogen and oxygen atoms in total. The minimum Gasteiger partial charge on any atom is -0.372 e. The fourth-order valence-corrected chi connectivity index (χ4v) is 3.62. The largest absolute Gasteiger partial charge is 0.372 e. The number of anilines is 4. The van der Waals surface area contributed by atoms with E-state index in [2.05, 4.69) is 55.0 Å². The third-order valence-corrected chi connectivity index (χ3v) is 6.18. The van der Waals surface area contributed by atoms with Crippen LogP contribution in [-0.2, 0) is 9.59 Å². The fraction of sp³-hybridized carbons (Fsp3) is 0.467. The van der Waals surface area contributed by atoms with Crippen molar-refractivity contribution >= 4 is 40.8 Å². The standard InChI is InChI=1S/C30H44N10O2/c1-8-15-33-27-23(19-36-30(38-27)37-24-18-25(21(2)31)28(32-4)35-20-24)13-10-9-11-16-34-29(42)22(3)40(7)26(41)14-12-17-39(5)6/h12,14,18-20,22,31H,8-9,11,15-17H2,1-7H3,(H,32,35)(H,34,42)(H2,33,36,37,38)/p+1/b14-12+,31-21?/t22-/m0/s1. The van der Waals surface area contributed by atoms with Crippen LogP contribution in [0.2, 0.25) is 0 Å². The first-order chi connectivity index (χ1) is 20.1. The molecule has 0 bridgehead atoms. The van der Waals surface area contributed by atoms with Crippen LogP contribution in [0.15, 0.2) is 30.6 Å². The summed E-state index contributed by atoms with van der Waals surface area (Å²) in [6.07, 6.45) is 8.80. The first-order valence-electron chi connectivity index (χ1n) is 14.1. The lowest BCUT2D eigenvalue weighted by Crippen LogP contribution is -2.45. The Morgan fingerprint density at radius 3 is 2.57 bits per heavy atom. The Hall–Kier alpha value is -4.50. The van der Waals surface area contributed by atoms with Crippen molar-refractivity contribution in [1.82, 2.24) is 30.1 Å². The zero-order valence-electron chi connectivity index (χ0n) is 25.8. The van der Waals surface area contributed by atoms with Crippen LogP contribution in [0.25, 0.3) is 0 Å². The number of hydrogen-bond acceptors (Lipinski definition) is 9. The van der Waals surface area contributed by atoms with Gasteiger partial charge in [-0.1, -0.05) is 24.8 Å². The van der Waals surface area contributed by atoms with Gasteiger partial charge in [-0.2, -0.15) is 4.98 Å². The summed E-state index contributed by atoms with van der Waals surface area (Å²) in [5.74, 6) is 7.61. The highest BCUT2D eigenvalue weighted by Crippen LogP contribution is 2.21. The van der Waals surface area contributed by atoms with Crippen LogP contribution >= 0.6 is 0 Å². The number of carbonyl (C=O) groups is 2. The van der Waals surface area contributed by atoms with Gasteiger partial charge in [0, 0.05) is 53.2 Å². The average Bonchev–Trinajstić information content (AvgIpc) is 2.97. The van der Waals surface area contributed by atoms with Crippen LogP contribution < -0.4 is 26.7 Å². The second kappa shape index (κ2) is 17.3. The molecule has 2 aromatic rings. The van der Waals surface area contributed by atoms with E-state index in [1.165, 1.54) is 11.0 Å². The van der Waals surface area contributed by atoms with E-state index in [0.29, 0.717) is 60.5 Å². The lowest BCUT2D eigenvalue weighted by Gasteiger charge is -2.23. The number of unbranched alkanes of at least 4 members (excludes halogenated alkanes) is 1. The SMILES string of the molecule is CCCNc1nc(Nc2cnc(NC)c(C(C)=[NH2+])c2)ncc1C#CCCCNC(=O)[C@H](C)N(C)C(=O)/C=C/CN(C)C. The Labute approximate surface area is 249 Å². The van der Waals surface area contributed by atoms with Crippen molar-refractivity contribution in [3.8, 4) is 11.8 Å². The van der Waals surface area contributed by atoms with Crippen LogP contribution in [0.3, 0.4) is 0 Å². The second-order valence-corrected chi connectivity index (χ2v) is 10.0. The summed E-state index contributed by atoms with van der Waals surface area (Å²) < 4.78 is 0. The van der Waals surface area contributed by atoms with Crippen molar-refractivity contribution in [2.75, 3.05) is 63.8 Å². The smallest absolute Gasteiger partial charge is 0.246 e. The maximum Gasteiger partial charge on any atom is 0.246 e. The lowest BCUT2D eigenvalue weighted by molar-refractivity contribution is -0.135. The van der Waals surface area contributed by atoms with Crippen molar-refractivity contribution in [2.45, 2.75) is 46.1 Å². The van der Waals surface area contributed by atoms with Crippen LogP contribution in [0.1, 0.15) is 51.2 Å². The van der Waals surface area contributed by atoms with Gasteiger partial charge < -0.3 is 31.1 Å². The molecule has 0 aliphatic carbocycles. The number of aromatic nitrogens is 3. The van der Waals surface area contributed by atoms with Gasteiger partial charge in [-0.05, 0) is 39.9 Å². The number of nitrogens with zero attached hydrogens (tertiary/aromatic N) is 5. The molecule has 2 amide bonds. The summed E-state index contributed by atoms with van der Waals surface area (Å²) in [4.78, 5) is 41.6. The molecule has 12 heteroatoms. The topological polar surface area (TPSA) is 153 Å². The molecular weight excluding hydrogens is 532 g/mol. The van der Waals surface area contributed by atoms with Crippen molar-refractivity contribution < 1.29 is 15.0 Å². The lowest BCUT2D eigenvalue weighted by atomic mass is 10.1. The van der Waals surface area contributed by atoms with E-state index in [0.717, 1.165) is 18.5 Å². The van der Waals surface area contributed by atoms with E-state index in [4.69, 9.17) is 5.41 Å². The van der Waals surface area contributed by atoms with Crippen LogP contribution in [0.4, 0.5) is 23.3 Å².